The summed E-state index contributed by atoms with van der Waals surface area (Å²) in [5.74, 6) is -0.213. The summed E-state index contributed by atoms with van der Waals surface area (Å²) in [4.78, 5) is 13.3. The van der Waals surface area contributed by atoms with Crippen LogP contribution in [0, 0.1) is 0 Å². The standard InChI is InChI=1S/C13H21NO3S/c1-3-4-10(15)8-14-9-12-6-5-11(18-12)7-13(16)17-2/h5-6,10,14-15H,3-4,7-9H2,1-2H3. The highest BCUT2D eigenvalue weighted by Crippen LogP contribution is 2.17. The lowest BCUT2D eigenvalue weighted by Gasteiger charge is -2.09. The van der Waals surface area contributed by atoms with E-state index in [1.165, 1.54) is 7.11 Å². The van der Waals surface area contributed by atoms with Crippen LogP contribution in [0.15, 0.2) is 12.1 Å². The number of hydrogen-bond acceptors (Lipinski definition) is 5. The average molecular weight is 271 g/mol. The summed E-state index contributed by atoms with van der Waals surface area (Å²) in [5, 5.41) is 12.8. The monoisotopic (exact) mass is 271 g/mol. The molecule has 0 saturated heterocycles. The zero-order valence-electron chi connectivity index (χ0n) is 10.9. The van der Waals surface area contributed by atoms with Gasteiger partial charge in [0.1, 0.15) is 0 Å². The Balaban J connectivity index is 2.29. The second-order valence-corrected chi connectivity index (χ2v) is 5.45. The van der Waals surface area contributed by atoms with Gasteiger partial charge < -0.3 is 15.2 Å². The van der Waals surface area contributed by atoms with Gasteiger partial charge in [-0.3, -0.25) is 4.79 Å². The highest BCUT2D eigenvalue weighted by molar-refractivity contribution is 7.12. The summed E-state index contributed by atoms with van der Waals surface area (Å²) >= 11 is 1.60. The zero-order chi connectivity index (χ0) is 13.4. The van der Waals surface area contributed by atoms with E-state index in [9.17, 15) is 9.90 Å². The van der Waals surface area contributed by atoms with Crippen molar-refractivity contribution in [2.45, 2.75) is 38.8 Å². The van der Waals surface area contributed by atoms with Gasteiger partial charge in [0, 0.05) is 22.8 Å². The smallest absolute Gasteiger partial charge is 0.310 e. The summed E-state index contributed by atoms with van der Waals surface area (Å²) < 4.78 is 4.62. The molecule has 0 aromatic carbocycles. The van der Waals surface area contributed by atoms with E-state index < -0.39 is 0 Å². The number of nitrogens with one attached hydrogen (secondary N) is 1. The average Bonchev–Trinajstić information content (AvgIpc) is 2.77. The predicted octanol–water partition coefficient (Wildman–Crippen LogP) is 1.71. The number of thiophene rings is 1. The van der Waals surface area contributed by atoms with E-state index in [0.717, 1.165) is 29.1 Å². The molecule has 0 aliphatic carbocycles. The highest BCUT2D eigenvalue weighted by Gasteiger charge is 2.07. The summed E-state index contributed by atoms with van der Waals surface area (Å²) in [6, 6.07) is 3.95. The molecule has 0 spiro atoms. The fourth-order valence-electron chi connectivity index (χ4n) is 1.62. The van der Waals surface area contributed by atoms with E-state index in [2.05, 4.69) is 17.0 Å². The molecule has 1 aromatic heterocycles. The first kappa shape index (κ1) is 15.1. The first-order valence-electron chi connectivity index (χ1n) is 6.18. The molecule has 0 fully saturated rings. The number of esters is 1. The second kappa shape index (κ2) is 8.24. The number of hydrogen-bond donors (Lipinski definition) is 2. The van der Waals surface area contributed by atoms with Gasteiger partial charge in [-0.2, -0.15) is 0 Å². The van der Waals surface area contributed by atoms with Crippen molar-refractivity contribution < 1.29 is 14.6 Å². The van der Waals surface area contributed by atoms with Crippen molar-refractivity contribution in [3.63, 3.8) is 0 Å². The molecule has 1 heterocycles. The molecule has 0 bridgehead atoms. The van der Waals surface area contributed by atoms with Crippen LogP contribution in [0.4, 0.5) is 0 Å². The van der Waals surface area contributed by atoms with Crippen molar-refractivity contribution in [3.8, 4) is 0 Å². The Morgan fingerprint density at radius 3 is 2.89 bits per heavy atom. The molecule has 0 aliphatic rings. The fraction of sp³-hybridized carbons (Fsp3) is 0.615. The lowest BCUT2D eigenvalue weighted by atomic mass is 10.2. The van der Waals surface area contributed by atoms with Gasteiger partial charge in [0.15, 0.2) is 0 Å². The Bertz CT molecular complexity index is 365. The lowest BCUT2D eigenvalue weighted by molar-refractivity contribution is -0.139. The van der Waals surface area contributed by atoms with Gasteiger partial charge in [0.05, 0.1) is 19.6 Å². The molecule has 0 aliphatic heterocycles. The zero-order valence-corrected chi connectivity index (χ0v) is 11.8. The van der Waals surface area contributed by atoms with E-state index in [1.54, 1.807) is 11.3 Å². The van der Waals surface area contributed by atoms with Gasteiger partial charge >= 0.3 is 5.97 Å². The number of carbonyl (C=O) groups is 1. The molecule has 1 aromatic rings. The number of aliphatic hydroxyl groups is 1. The number of aliphatic hydroxyl groups excluding tert-OH is 1. The molecule has 1 rings (SSSR count). The SMILES string of the molecule is CCCC(O)CNCc1ccc(CC(=O)OC)s1. The number of carbonyl (C=O) groups excluding carboxylic acids is 1. The third-order valence-corrected chi connectivity index (χ3v) is 3.65. The maximum absolute atomic E-state index is 11.1. The van der Waals surface area contributed by atoms with Crippen LogP contribution >= 0.6 is 11.3 Å². The molecule has 1 unspecified atom stereocenters. The Morgan fingerprint density at radius 1 is 1.50 bits per heavy atom. The summed E-state index contributed by atoms with van der Waals surface area (Å²) in [7, 11) is 1.40. The van der Waals surface area contributed by atoms with E-state index >= 15 is 0 Å². The molecular formula is C13H21NO3S. The first-order chi connectivity index (χ1) is 8.65. The van der Waals surface area contributed by atoms with Crippen molar-refractivity contribution in [2.75, 3.05) is 13.7 Å². The van der Waals surface area contributed by atoms with Crippen LogP contribution in [0.3, 0.4) is 0 Å². The maximum Gasteiger partial charge on any atom is 0.310 e. The van der Waals surface area contributed by atoms with Gasteiger partial charge in [-0.05, 0) is 18.6 Å². The van der Waals surface area contributed by atoms with Crippen molar-refractivity contribution in [1.29, 1.82) is 0 Å². The largest absolute Gasteiger partial charge is 0.469 e. The lowest BCUT2D eigenvalue weighted by Crippen LogP contribution is -2.25. The van der Waals surface area contributed by atoms with Crippen molar-refractivity contribution in [1.82, 2.24) is 5.32 Å². The van der Waals surface area contributed by atoms with Crippen molar-refractivity contribution >= 4 is 17.3 Å². The molecule has 0 saturated carbocycles. The van der Waals surface area contributed by atoms with Crippen LogP contribution < -0.4 is 5.32 Å². The summed E-state index contributed by atoms with van der Waals surface area (Å²) in [6.07, 6.45) is 1.87. The van der Waals surface area contributed by atoms with Gasteiger partial charge in [-0.25, -0.2) is 0 Å². The third kappa shape index (κ3) is 5.62. The Morgan fingerprint density at radius 2 is 2.22 bits per heavy atom. The predicted molar refractivity (Wildman–Crippen MR) is 72.7 cm³/mol. The summed E-state index contributed by atoms with van der Waals surface area (Å²) in [6.45, 7) is 3.40. The molecule has 102 valence electrons. The molecule has 4 nitrogen and oxygen atoms in total. The number of ether oxygens (including phenoxy) is 1. The Kier molecular flexibility index (Phi) is 6.93. The van der Waals surface area contributed by atoms with Crippen LogP contribution in [0.5, 0.6) is 0 Å². The van der Waals surface area contributed by atoms with Gasteiger partial charge in [0.25, 0.3) is 0 Å². The second-order valence-electron chi connectivity index (χ2n) is 4.19. The summed E-state index contributed by atoms with van der Waals surface area (Å²) in [5.41, 5.74) is 0. The van der Waals surface area contributed by atoms with Crippen LogP contribution in [-0.4, -0.2) is 30.8 Å². The Labute approximate surface area is 112 Å². The van der Waals surface area contributed by atoms with Crippen LogP contribution in [0.1, 0.15) is 29.5 Å². The third-order valence-electron chi connectivity index (χ3n) is 2.56. The highest BCUT2D eigenvalue weighted by atomic mass is 32.1. The quantitative estimate of drug-likeness (QED) is 0.707. The molecule has 0 amide bonds. The molecule has 0 radical (unpaired) electrons. The molecule has 18 heavy (non-hydrogen) atoms. The van der Waals surface area contributed by atoms with Gasteiger partial charge in [-0.15, -0.1) is 11.3 Å². The van der Waals surface area contributed by atoms with Crippen LogP contribution in [-0.2, 0) is 22.5 Å². The van der Waals surface area contributed by atoms with E-state index in [1.807, 2.05) is 12.1 Å². The van der Waals surface area contributed by atoms with E-state index in [4.69, 9.17) is 0 Å². The minimum Gasteiger partial charge on any atom is -0.469 e. The van der Waals surface area contributed by atoms with Crippen LogP contribution in [0.25, 0.3) is 0 Å². The van der Waals surface area contributed by atoms with Crippen molar-refractivity contribution in [2.24, 2.45) is 0 Å². The van der Waals surface area contributed by atoms with E-state index in [-0.39, 0.29) is 12.1 Å². The first-order valence-corrected chi connectivity index (χ1v) is 7.00. The molecular weight excluding hydrogens is 250 g/mol. The van der Waals surface area contributed by atoms with E-state index in [0.29, 0.717) is 13.0 Å². The molecule has 5 heteroatoms. The Hall–Kier alpha value is -0.910. The fourth-order valence-corrected chi connectivity index (χ4v) is 2.60. The van der Waals surface area contributed by atoms with Gasteiger partial charge in [0.2, 0.25) is 0 Å². The minimum absolute atomic E-state index is 0.213. The number of methoxy groups -OCH3 is 1. The molecule has 2 N–H and O–H groups in total. The topological polar surface area (TPSA) is 58.6 Å². The van der Waals surface area contributed by atoms with Crippen LogP contribution in [0.2, 0.25) is 0 Å². The maximum atomic E-state index is 11.1. The molecule has 1 atom stereocenters. The number of rotatable bonds is 8. The van der Waals surface area contributed by atoms with Crippen molar-refractivity contribution in [3.05, 3.63) is 21.9 Å². The normalized spacial score (nSPS) is 12.4. The minimum atomic E-state index is -0.274. The van der Waals surface area contributed by atoms with Gasteiger partial charge in [-0.1, -0.05) is 13.3 Å².